The average molecular weight is 435 g/mol. The second kappa shape index (κ2) is 7.22. The molecule has 0 amide bonds. The summed E-state index contributed by atoms with van der Waals surface area (Å²) < 4.78 is 80.2. The van der Waals surface area contributed by atoms with Gasteiger partial charge in [0.15, 0.2) is 5.82 Å². The van der Waals surface area contributed by atoms with E-state index < -0.39 is 23.5 Å². The van der Waals surface area contributed by atoms with Gasteiger partial charge >= 0.3 is 12.4 Å². The molecule has 2 heterocycles. The highest BCUT2D eigenvalue weighted by Crippen LogP contribution is 2.39. The first-order chi connectivity index (χ1) is 13.6. The maximum atomic E-state index is 13.2. The minimum absolute atomic E-state index is 0.0894. The summed E-state index contributed by atoms with van der Waals surface area (Å²) in [5, 5.41) is 8.04. The highest BCUT2D eigenvalue weighted by molar-refractivity contribution is 7.99. The van der Waals surface area contributed by atoms with Crippen molar-refractivity contribution in [3.8, 4) is 11.4 Å². The van der Waals surface area contributed by atoms with Crippen LogP contribution in [0.15, 0.2) is 28.3 Å². The Morgan fingerprint density at radius 1 is 0.966 bits per heavy atom. The first kappa shape index (κ1) is 20.0. The van der Waals surface area contributed by atoms with Crippen molar-refractivity contribution in [2.24, 2.45) is 4.99 Å². The summed E-state index contributed by atoms with van der Waals surface area (Å²) >= 11 is 1.27. The van der Waals surface area contributed by atoms with E-state index in [1.807, 2.05) is 0 Å². The second-order valence-electron chi connectivity index (χ2n) is 6.85. The zero-order valence-corrected chi connectivity index (χ0v) is 15.6. The van der Waals surface area contributed by atoms with E-state index in [9.17, 15) is 26.3 Å². The molecule has 2 aromatic rings. The molecule has 29 heavy (non-hydrogen) atoms. The second-order valence-corrected chi connectivity index (χ2v) is 7.79. The molecule has 1 N–H and O–H groups in total. The van der Waals surface area contributed by atoms with Gasteiger partial charge in [-0.05, 0) is 31.0 Å². The minimum Gasteiger partial charge on any atom is -0.277 e. The highest BCUT2D eigenvalue weighted by atomic mass is 32.2. The number of hydrogen-bond acceptors (Lipinski definition) is 4. The fourth-order valence-corrected chi connectivity index (χ4v) is 4.11. The summed E-state index contributed by atoms with van der Waals surface area (Å²) in [6.07, 6.45) is -5.78. The standard InChI is InChI=1S/C17H15F6N5S/c18-16(19,20)10-5-9(6-11(7-10)17(21,22)23)14-25-26-15-28(14)27-13(8-29-15)24-12-3-1-2-4-12/h5-7,12H,1-4,8H2,(H,24,27). The highest BCUT2D eigenvalue weighted by Gasteiger charge is 2.37. The van der Waals surface area contributed by atoms with Crippen LogP contribution in [0.4, 0.5) is 26.3 Å². The number of nitrogens with zero attached hydrogens (tertiary/aromatic N) is 4. The number of halogens is 6. The minimum atomic E-state index is -4.93. The lowest BCUT2D eigenvalue weighted by Gasteiger charge is -2.20. The normalized spacial score (nSPS) is 19.4. The molecule has 0 unspecified atom stereocenters. The number of aromatic nitrogens is 3. The lowest BCUT2D eigenvalue weighted by molar-refractivity contribution is -0.143. The fourth-order valence-electron chi connectivity index (χ4n) is 3.35. The van der Waals surface area contributed by atoms with Crippen molar-refractivity contribution < 1.29 is 26.3 Å². The third kappa shape index (κ3) is 4.21. The van der Waals surface area contributed by atoms with E-state index in [1.165, 1.54) is 16.4 Å². The van der Waals surface area contributed by atoms with Gasteiger partial charge in [0, 0.05) is 5.56 Å². The predicted molar refractivity (Wildman–Crippen MR) is 95.2 cm³/mol. The van der Waals surface area contributed by atoms with Crippen molar-refractivity contribution in [3.63, 3.8) is 0 Å². The summed E-state index contributed by atoms with van der Waals surface area (Å²) in [6, 6.07) is 1.54. The Hall–Kier alpha value is -2.24. The third-order valence-electron chi connectivity index (χ3n) is 4.72. The van der Waals surface area contributed by atoms with Crippen molar-refractivity contribution in [1.82, 2.24) is 14.9 Å². The van der Waals surface area contributed by atoms with Gasteiger partial charge in [0.1, 0.15) is 5.84 Å². The van der Waals surface area contributed by atoms with Gasteiger partial charge in [-0.15, -0.1) is 10.2 Å². The van der Waals surface area contributed by atoms with Crippen molar-refractivity contribution >= 4 is 17.6 Å². The lowest BCUT2D eigenvalue weighted by atomic mass is 10.0. The Labute approximate surface area is 165 Å². The van der Waals surface area contributed by atoms with Crippen LogP contribution in [0.25, 0.3) is 11.4 Å². The van der Waals surface area contributed by atoms with Crippen molar-refractivity contribution in [2.45, 2.75) is 49.2 Å². The molecule has 0 atom stereocenters. The van der Waals surface area contributed by atoms with Crippen molar-refractivity contribution in [2.75, 3.05) is 11.2 Å². The van der Waals surface area contributed by atoms with E-state index in [4.69, 9.17) is 0 Å². The lowest BCUT2D eigenvalue weighted by Crippen LogP contribution is -2.31. The smallest absolute Gasteiger partial charge is 0.277 e. The third-order valence-corrected chi connectivity index (χ3v) is 5.66. The van der Waals surface area contributed by atoms with Gasteiger partial charge in [-0.3, -0.25) is 10.4 Å². The summed E-state index contributed by atoms with van der Waals surface area (Å²) in [7, 11) is 0. The van der Waals surface area contributed by atoms with E-state index in [1.54, 1.807) is 0 Å². The van der Waals surface area contributed by atoms with Gasteiger partial charge in [0.2, 0.25) is 5.16 Å². The number of nitrogens with one attached hydrogen (secondary N) is 1. The number of thioether (sulfide) groups is 1. The number of amidine groups is 1. The Morgan fingerprint density at radius 2 is 1.59 bits per heavy atom. The molecular weight excluding hydrogens is 420 g/mol. The average Bonchev–Trinajstić information content (AvgIpc) is 3.29. The van der Waals surface area contributed by atoms with Gasteiger partial charge < -0.3 is 0 Å². The van der Waals surface area contributed by atoms with Crippen LogP contribution in [0.2, 0.25) is 0 Å². The zero-order chi connectivity index (χ0) is 20.8. The predicted octanol–water partition coefficient (Wildman–Crippen LogP) is 4.97. The molecule has 1 aromatic heterocycles. The van der Waals surface area contributed by atoms with Crippen LogP contribution in [-0.4, -0.2) is 32.5 Å². The summed E-state index contributed by atoms with van der Waals surface area (Å²) in [6.45, 7) is 0. The quantitative estimate of drug-likeness (QED) is 0.677. The molecule has 1 aromatic carbocycles. The number of rotatable bonds is 2. The SMILES string of the molecule is FC(F)(F)c1cc(-c2nnc3n2NC(=NC2CCCC2)CS3)cc(C(F)(F)F)c1. The molecule has 5 nitrogen and oxygen atoms in total. The molecule has 0 spiro atoms. The molecule has 1 aliphatic heterocycles. The maximum absolute atomic E-state index is 13.2. The van der Waals surface area contributed by atoms with Crippen molar-refractivity contribution in [1.29, 1.82) is 0 Å². The largest absolute Gasteiger partial charge is 0.416 e. The monoisotopic (exact) mass is 435 g/mol. The van der Waals surface area contributed by atoms with E-state index in [0.29, 0.717) is 28.9 Å². The number of hydrogen-bond donors (Lipinski definition) is 1. The summed E-state index contributed by atoms with van der Waals surface area (Å²) in [4.78, 5) is 4.61. The van der Waals surface area contributed by atoms with Gasteiger partial charge in [0.25, 0.3) is 0 Å². The molecule has 1 fully saturated rings. The molecule has 1 saturated carbocycles. The topological polar surface area (TPSA) is 55.1 Å². The Morgan fingerprint density at radius 3 is 2.17 bits per heavy atom. The van der Waals surface area contributed by atoms with Gasteiger partial charge in [-0.25, -0.2) is 4.68 Å². The summed E-state index contributed by atoms with van der Waals surface area (Å²) in [5.74, 6) is 0.937. The van der Waals surface area contributed by atoms with Crippen LogP contribution in [-0.2, 0) is 12.4 Å². The van der Waals surface area contributed by atoms with E-state index in [-0.39, 0.29) is 23.5 Å². The van der Waals surface area contributed by atoms with Gasteiger partial charge in [-0.2, -0.15) is 26.3 Å². The number of fused-ring (bicyclic) bond motifs is 1. The molecule has 0 radical (unpaired) electrons. The van der Waals surface area contributed by atoms with Crippen LogP contribution >= 0.6 is 11.8 Å². The molecule has 12 heteroatoms. The van der Waals surface area contributed by atoms with Crippen LogP contribution in [0.3, 0.4) is 0 Å². The Bertz CT molecular complexity index is 911. The molecule has 0 saturated heterocycles. The molecule has 0 bridgehead atoms. The zero-order valence-electron chi connectivity index (χ0n) is 14.8. The number of aliphatic imine (C=N–C) groups is 1. The summed E-state index contributed by atoms with van der Waals surface area (Å²) in [5.41, 5.74) is -0.187. The van der Waals surface area contributed by atoms with E-state index in [2.05, 4.69) is 20.6 Å². The number of alkyl halides is 6. The van der Waals surface area contributed by atoms with Gasteiger partial charge in [0.05, 0.1) is 22.9 Å². The van der Waals surface area contributed by atoms with E-state index >= 15 is 0 Å². The van der Waals surface area contributed by atoms with E-state index in [0.717, 1.165) is 25.7 Å². The first-order valence-corrected chi connectivity index (χ1v) is 9.81. The molecule has 1 aliphatic carbocycles. The fraction of sp³-hybridized carbons (Fsp3) is 0.471. The molecule has 156 valence electrons. The van der Waals surface area contributed by atoms with Crippen molar-refractivity contribution in [3.05, 3.63) is 29.3 Å². The van der Waals surface area contributed by atoms with Crippen LogP contribution < -0.4 is 5.43 Å². The Kier molecular flexibility index (Phi) is 4.99. The first-order valence-electron chi connectivity index (χ1n) is 8.83. The molecular formula is C17H15F6N5S. The van der Waals surface area contributed by atoms with Crippen LogP contribution in [0.5, 0.6) is 0 Å². The maximum Gasteiger partial charge on any atom is 0.416 e. The van der Waals surface area contributed by atoms with Gasteiger partial charge in [-0.1, -0.05) is 24.6 Å². The molecule has 2 aliphatic rings. The number of benzene rings is 1. The van der Waals surface area contributed by atoms with Crippen LogP contribution in [0, 0.1) is 0 Å². The molecule has 4 rings (SSSR count). The van der Waals surface area contributed by atoms with Crippen LogP contribution in [0.1, 0.15) is 36.8 Å². The Balaban J connectivity index is 1.74.